The van der Waals surface area contributed by atoms with E-state index in [9.17, 15) is 9.18 Å². The maximum atomic E-state index is 13.3. The summed E-state index contributed by atoms with van der Waals surface area (Å²) in [6, 6.07) is 8.01. The molecular formula is C15H13Cl2FN2O. The van der Waals surface area contributed by atoms with E-state index in [0.29, 0.717) is 11.3 Å². The maximum Gasteiger partial charge on any atom is 0.255 e. The van der Waals surface area contributed by atoms with E-state index in [1.54, 1.807) is 19.2 Å². The van der Waals surface area contributed by atoms with Crippen LogP contribution in [0.2, 0.25) is 10.0 Å². The first kappa shape index (κ1) is 15.6. The number of rotatable bonds is 3. The number of amides is 1. The number of nitrogens with one attached hydrogen (secondary N) is 2. The Balaban J connectivity index is 2.26. The summed E-state index contributed by atoms with van der Waals surface area (Å²) in [7, 11) is 1.80. The van der Waals surface area contributed by atoms with Crippen LogP contribution in [0.1, 0.15) is 15.9 Å². The first-order valence-electron chi connectivity index (χ1n) is 6.16. The molecule has 2 aromatic rings. The van der Waals surface area contributed by atoms with Crippen LogP contribution in [-0.2, 0) is 0 Å². The van der Waals surface area contributed by atoms with E-state index in [1.165, 1.54) is 12.1 Å². The normalized spacial score (nSPS) is 10.3. The third-order valence-corrected chi connectivity index (χ3v) is 3.55. The van der Waals surface area contributed by atoms with E-state index in [0.717, 1.165) is 11.3 Å². The second kappa shape index (κ2) is 6.33. The van der Waals surface area contributed by atoms with Crippen LogP contribution in [0.3, 0.4) is 0 Å². The molecule has 6 heteroatoms. The summed E-state index contributed by atoms with van der Waals surface area (Å²) in [6.07, 6.45) is 0. The number of hydrogen-bond acceptors (Lipinski definition) is 2. The van der Waals surface area contributed by atoms with E-state index >= 15 is 0 Å². The molecule has 0 heterocycles. The fourth-order valence-electron chi connectivity index (χ4n) is 1.90. The van der Waals surface area contributed by atoms with Gasteiger partial charge in [0.15, 0.2) is 5.82 Å². The quantitative estimate of drug-likeness (QED) is 0.800. The van der Waals surface area contributed by atoms with Crippen molar-refractivity contribution in [2.75, 3.05) is 17.7 Å². The number of halogens is 3. The lowest BCUT2D eigenvalue weighted by molar-refractivity contribution is 0.102. The molecule has 21 heavy (non-hydrogen) atoms. The zero-order valence-electron chi connectivity index (χ0n) is 11.4. The van der Waals surface area contributed by atoms with Gasteiger partial charge >= 0.3 is 0 Å². The molecule has 0 aliphatic heterocycles. The zero-order chi connectivity index (χ0) is 15.6. The minimum atomic E-state index is -0.703. The number of carbonyl (C=O) groups excluding carboxylic acids is 1. The van der Waals surface area contributed by atoms with E-state index in [1.807, 2.05) is 13.0 Å². The second-order valence-corrected chi connectivity index (χ2v) is 5.30. The molecule has 0 atom stereocenters. The Morgan fingerprint density at radius 2 is 1.71 bits per heavy atom. The highest BCUT2D eigenvalue weighted by molar-refractivity contribution is 6.35. The van der Waals surface area contributed by atoms with Crippen LogP contribution in [0.25, 0.3) is 0 Å². The Morgan fingerprint density at radius 3 is 2.24 bits per heavy atom. The van der Waals surface area contributed by atoms with Gasteiger partial charge in [0.05, 0.1) is 10.0 Å². The highest BCUT2D eigenvalue weighted by Crippen LogP contribution is 2.27. The van der Waals surface area contributed by atoms with Gasteiger partial charge in [0, 0.05) is 24.0 Å². The molecule has 0 bridgehead atoms. The molecule has 1 amide bonds. The van der Waals surface area contributed by atoms with E-state index < -0.39 is 5.82 Å². The standard InChI is InChI=1S/C15H13Cl2FN2O/c1-8-5-9(19-2)3-4-11(8)15(21)20-10-6-12(16)14(18)13(17)7-10/h3-7,19H,1-2H3,(H,20,21). The predicted molar refractivity (Wildman–Crippen MR) is 85.1 cm³/mol. The Labute approximate surface area is 132 Å². The number of carbonyl (C=O) groups is 1. The Bertz CT molecular complexity index is 681. The van der Waals surface area contributed by atoms with Crippen LogP contribution in [-0.4, -0.2) is 13.0 Å². The molecular weight excluding hydrogens is 314 g/mol. The maximum absolute atomic E-state index is 13.3. The van der Waals surface area contributed by atoms with Crippen LogP contribution in [0.15, 0.2) is 30.3 Å². The molecule has 0 aromatic heterocycles. The van der Waals surface area contributed by atoms with Crippen molar-refractivity contribution in [1.82, 2.24) is 0 Å². The molecule has 0 radical (unpaired) electrons. The van der Waals surface area contributed by atoms with Gasteiger partial charge in [-0.1, -0.05) is 23.2 Å². The molecule has 0 fully saturated rings. The fourth-order valence-corrected chi connectivity index (χ4v) is 2.39. The van der Waals surface area contributed by atoms with Crippen molar-refractivity contribution >= 4 is 40.5 Å². The van der Waals surface area contributed by atoms with Gasteiger partial charge in [0.2, 0.25) is 0 Å². The van der Waals surface area contributed by atoms with Crippen LogP contribution in [0.4, 0.5) is 15.8 Å². The number of benzene rings is 2. The monoisotopic (exact) mass is 326 g/mol. The number of aryl methyl sites for hydroxylation is 1. The van der Waals surface area contributed by atoms with Crippen molar-refractivity contribution in [2.45, 2.75) is 6.92 Å². The first-order chi connectivity index (χ1) is 9.92. The summed E-state index contributed by atoms with van der Waals surface area (Å²) < 4.78 is 13.3. The molecule has 0 spiro atoms. The molecule has 2 N–H and O–H groups in total. The van der Waals surface area contributed by atoms with Gasteiger partial charge in [0.1, 0.15) is 0 Å². The van der Waals surface area contributed by atoms with E-state index in [2.05, 4.69) is 10.6 Å². The van der Waals surface area contributed by atoms with Crippen molar-refractivity contribution < 1.29 is 9.18 Å². The number of anilines is 2. The Morgan fingerprint density at radius 1 is 1.10 bits per heavy atom. The van der Waals surface area contributed by atoms with Crippen LogP contribution < -0.4 is 10.6 Å². The average molecular weight is 327 g/mol. The van der Waals surface area contributed by atoms with Gasteiger partial charge in [-0.3, -0.25) is 4.79 Å². The van der Waals surface area contributed by atoms with Crippen molar-refractivity contribution in [3.63, 3.8) is 0 Å². The average Bonchev–Trinajstić information content (AvgIpc) is 2.44. The first-order valence-corrected chi connectivity index (χ1v) is 6.92. The lowest BCUT2D eigenvalue weighted by atomic mass is 10.1. The minimum Gasteiger partial charge on any atom is -0.388 e. The summed E-state index contributed by atoms with van der Waals surface area (Å²) in [4.78, 5) is 12.2. The molecule has 0 saturated heterocycles. The third kappa shape index (κ3) is 3.46. The van der Waals surface area contributed by atoms with Gasteiger partial charge in [-0.15, -0.1) is 0 Å². The lowest BCUT2D eigenvalue weighted by Crippen LogP contribution is -2.13. The van der Waals surface area contributed by atoms with Crippen molar-refractivity contribution in [1.29, 1.82) is 0 Å². The third-order valence-electron chi connectivity index (χ3n) is 3.00. The molecule has 2 aromatic carbocycles. The fraction of sp³-hybridized carbons (Fsp3) is 0.133. The molecule has 0 aliphatic carbocycles. The summed E-state index contributed by atoms with van der Waals surface area (Å²) >= 11 is 11.4. The van der Waals surface area contributed by atoms with Gasteiger partial charge in [-0.25, -0.2) is 4.39 Å². The smallest absolute Gasteiger partial charge is 0.255 e. The molecule has 0 saturated carbocycles. The molecule has 0 aliphatic rings. The topological polar surface area (TPSA) is 41.1 Å². The van der Waals surface area contributed by atoms with Gasteiger partial charge in [-0.05, 0) is 42.8 Å². The molecule has 2 rings (SSSR count). The largest absolute Gasteiger partial charge is 0.388 e. The van der Waals surface area contributed by atoms with Crippen LogP contribution in [0, 0.1) is 12.7 Å². The van der Waals surface area contributed by atoms with E-state index in [-0.39, 0.29) is 16.0 Å². The second-order valence-electron chi connectivity index (χ2n) is 4.49. The molecule has 110 valence electrons. The summed E-state index contributed by atoms with van der Waals surface area (Å²) in [5.41, 5.74) is 2.59. The number of hydrogen-bond donors (Lipinski definition) is 2. The predicted octanol–water partition coefficient (Wildman–Crippen LogP) is 4.73. The highest BCUT2D eigenvalue weighted by atomic mass is 35.5. The Hall–Kier alpha value is -1.78. The lowest BCUT2D eigenvalue weighted by Gasteiger charge is -2.10. The highest BCUT2D eigenvalue weighted by Gasteiger charge is 2.13. The zero-order valence-corrected chi connectivity index (χ0v) is 12.9. The van der Waals surface area contributed by atoms with Crippen LogP contribution >= 0.6 is 23.2 Å². The molecule has 0 unspecified atom stereocenters. The Kier molecular flexibility index (Phi) is 4.70. The van der Waals surface area contributed by atoms with Crippen molar-refractivity contribution in [3.05, 3.63) is 57.3 Å². The summed E-state index contributed by atoms with van der Waals surface area (Å²) in [6.45, 7) is 1.83. The van der Waals surface area contributed by atoms with E-state index in [4.69, 9.17) is 23.2 Å². The molecule has 3 nitrogen and oxygen atoms in total. The minimum absolute atomic E-state index is 0.139. The summed E-state index contributed by atoms with van der Waals surface area (Å²) in [5, 5.41) is 5.37. The van der Waals surface area contributed by atoms with Crippen molar-refractivity contribution in [2.24, 2.45) is 0 Å². The van der Waals surface area contributed by atoms with Crippen molar-refractivity contribution in [3.8, 4) is 0 Å². The van der Waals surface area contributed by atoms with Gasteiger partial charge in [-0.2, -0.15) is 0 Å². The van der Waals surface area contributed by atoms with Gasteiger partial charge < -0.3 is 10.6 Å². The summed E-state index contributed by atoms with van der Waals surface area (Å²) in [5.74, 6) is -1.01. The van der Waals surface area contributed by atoms with Gasteiger partial charge in [0.25, 0.3) is 5.91 Å². The van der Waals surface area contributed by atoms with Crippen LogP contribution in [0.5, 0.6) is 0 Å². The SMILES string of the molecule is CNc1ccc(C(=O)Nc2cc(Cl)c(F)c(Cl)c2)c(C)c1.